The fourth-order valence-electron chi connectivity index (χ4n) is 2.54. The van der Waals surface area contributed by atoms with Crippen molar-refractivity contribution < 1.29 is 9.47 Å². The van der Waals surface area contributed by atoms with Crippen LogP contribution in [0.5, 0.6) is 11.5 Å². The Morgan fingerprint density at radius 2 is 2.05 bits per heavy atom. The minimum Gasteiger partial charge on any atom is -0.497 e. The summed E-state index contributed by atoms with van der Waals surface area (Å²) in [5.74, 6) is 1.88. The molecule has 1 aromatic rings. The van der Waals surface area contributed by atoms with Crippen LogP contribution in [-0.4, -0.2) is 26.7 Å². The number of nitrogens with one attached hydrogen (secondary N) is 1. The summed E-state index contributed by atoms with van der Waals surface area (Å²) >= 11 is 0. The second-order valence-electron chi connectivity index (χ2n) is 5.64. The molecule has 0 radical (unpaired) electrons. The Morgan fingerprint density at radius 3 is 2.59 bits per heavy atom. The summed E-state index contributed by atoms with van der Waals surface area (Å²) in [5, 5.41) is 3.10. The number of hydrogen-bond acceptors (Lipinski definition) is 3. The molecule has 0 amide bonds. The van der Waals surface area contributed by atoms with Gasteiger partial charge in [0, 0.05) is 12.6 Å². The summed E-state index contributed by atoms with van der Waals surface area (Å²) in [6, 6.07) is 5.53. The van der Waals surface area contributed by atoms with Gasteiger partial charge in [0.15, 0.2) is 5.96 Å². The number of aliphatic imine (C=N–C) groups is 1. The maximum atomic E-state index is 5.99. The van der Waals surface area contributed by atoms with E-state index in [0.717, 1.165) is 18.0 Å². The third-order valence-electron chi connectivity index (χ3n) is 3.99. The lowest BCUT2D eigenvalue weighted by molar-refractivity contribution is 0.405. The molecule has 5 nitrogen and oxygen atoms in total. The maximum Gasteiger partial charge on any atom is 0.193 e. The molecule has 6 heteroatoms. The van der Waals surface area contributed by atoms with Gasteiger partial charge in [-0.3, -0.25) is 4.99 Å². The number of nitrogens with two attached hydrogens (primary N) is 1. The number of guanidine groups is 1. The molecule has 0 bridgehead atoms. The highest BCUT2D eigenvalue weighted by Crippen LogP contribution is 2.49. The van der Waals surface area contributed by atoms with Gasteiger partial charge < -0.3 is 20.5 Å². The third-order valence-corrected chi connectivity index (χ3v) is 3.99. The van der Waals surface area contributed by atoms with E-state index in [4.69, 9.17) is 15.2 Å². The van der Waals surface area contributed by atoms with E-state index in [2.05, 4.69) is 17.2 Å². The Balaban J connectivity index is 0.00000242. The molecule has 0 heterocycles. The summed E-state index contributed by atoms with van der Waals surface area (Å²) in [6.07, 6.45) is 4.96. The van der Waals surface area contributed by atoms with Gasteiger partial charge in [-0.1, -0.05) is 13.3 Å². The molecule has 124 valence electrons. The van der Waals surface area contributed by atoms with Crippen LogP contribution in [-0.2, 0) is 0 Å². The molecular formula is C16H26IN3O2. The predicted molar refractivity (Wildman–Crippen MR) is 102 cm³/mol. The van der Waals surface area contributed by atoms with Gasteiger partial charge in [0.1, 0.15) is 11.5 Å². The second kappa shape index (κ2) is 8.45. The van der Waals surface area contributed by atoms with Crippen molar-refractivity contribution in [3.05, 3.63) is 18.2 Å². The first-order valence-electron chi connectivity index (χ1n) is 7.41. The number of nitrogens with zero attached hydrogens (tertiary/aromatic N) is 1. The van der Waals surface area contributed by atoms with Crippen LogP contribution < -0.4 is 20.5 Å². The van der Waals surface area contributed by atoms with E-state index in [1.807, 2.05) is 18.2 Å². The smallest absolute Gasteiger partial charge is 0.193 e. The second-order valence-corrected chi connectivity index (χ2v) is 5.64. The minimum absolute atomic E-state index is 0. The topological polar surface area (TPSA) is 68.9 Å². The van der Waals surface area contributed by atoms with Crippen molar-refractivity contribution in [2.24, 2.45) is 16.1 Å². The van der Waals surface area contributed by atoms with Crippen molar-refractivity contribution in [3.8, 4) is 11.5 Å². The fourth-order valence-corrected chi connectivity index (χ4v) is 2.54. The number of hydrogen-bond donors (Lipinski definition) is 2. The first kappa shape index (κ1) is 18.9. The quantitative estimate of drug-likeness (QED) is 0.403. The Morgan fingerprint density at radius 1 is 1.32 bits per heavy atom. The van der Waals surface area contributed by atoms with Gasteiger partial charge >= 0.3 is 0 Å². The number of methoxy groups -OCH3 is 2. The lowest BCUT2D eigenvalue weighted by Crippen LogP contribution is -2.24. The molecule has 0 aliphatic heterocycles. The van der Waals surface area contributed by atoms with Crippen LogP contribution in [0.2, 0.25) is 0 Å². The van der Waals surface area contributed by atoms with E-state index in [0.29, 0.717) is 17.1 Å². The molecule has 3 N–H and O–H groups in total. The summed E-state index contributed by atoms with van der Waals surface area (Å²) in [6.45, 7) is 3.01. The highest BCUT2D eigenvalue weighted by atomic mass is 127. The zero-order chi connectivity index (χ0) is 15.3. The zero-order valence-corrected chi connectivity index (χ0v) is 15.8. The van der Waals surface area contributed by atoms with Gasteiger partial charge in [0.05, 0.1) is 19.9 Å². The summed E-state index contributed by atoms with van der Waals surface area (Å²) in [5.41, 5.74) is 7.16. The van der Waals surface area contributed by atoms with Crippen molar-refractivity contribution in [3.63, 3.8) is 0 Å². The lowest BCUT2D eigenvalue weighted by Gasteiger charge is -2.14. The molecule has 1 fully saturated rings. The Kier molecular flexibility index (Phi) is 7.25. The molecular weight excluding hydrogens is 393 g/mol. The van der Waals surface area contributed by atoms with E-state index in [-0.39, 0.29) is 24.0 Å². The number of anilines is 1. The number of rotatable bonds is 7. The van der Waals surface area contributed by atoms with Crippen LogP contribution in [0, 0.1) is 5.41 Å². The molecule has 0 aromatic heterocycles. The molecule has 22 heavy (non-hydrogen) atoms. The van der Waals surface area contributed by atoms with Crippen molar-refractivity contribution in [2.45, 2.75) is 32.6 Å². The molecule has 0 spiro atoms. The average molecular weight is 419 g/mol. The number of ether oxygens (including phenoxy) is 2. The van der Waals surface area contributed by atoms with Crippen molar-refractivity contribution in [2.75, 3.05) is 26.1 Å². The van der Waals surface area contributed by atoms with Crippen molar-refractivity contribution >= 4 is 35.6 Å². The first-order valence-corrected chi connectivity index (χ1v) is 7.41. The minimum atomic E-state index is 0. The zero-order valence-electron chi connectivity index (χ0n) is 13.5. The highest BCUT2D eigenvalue weighted by molar-refractivity contribution is 14.0. The van der Waals surface area contributed by atoms with Crippen LogP contribution in [0.3, 0.4) is 0 Å². The highest BCUT2D eigenvalue weighted by Gasteiger charge is 2.41. The molecule has 1 aliphatic carbocycles. The van der Waals surface area contributed by atoms with E-state index < -0.39 is 0 Å². The van der Waals surface area contributed by atoms with E-state index in [9.17, 15) is 0 Å². The van der Waals surface area contributed by atoms with Gasteiger partial charge in [0.2, 0.25) is 0 Å². The Bertz CT molecular complexity index is 516. The van der Waals surface area contributed by atoms with Crippen LogP contribution in [0.25, 0.3) is 0 Å². The molecule has 1 saturated carbocycles. The predicted octanol–water partition coefficient (Wildman–Crippen LogP) is 3.63. The monoisotopic (exact) mass is 419 g/mol. The Hall–Kier alpha value is -1.18. The standard InChI is InChI=1S/C16H25N3O2.HI/c1-4-7-16(8-9-16)11-18-15(17)19-13-10-12(20-2)5-6-14(13)21-3;/h5-6,10H,4,7-9,11H2,1-3H3,(H3,17,18,19);1H. The van der Waals surface area contributed by atoms with Crippen molar-refractivity contribution in [1.29, 1.82) is 0 Å². The molecule has 0 atom stereocenters. The van der Waals surface area contributed by atoms with Crippen LogP contribution in [0.15, 0.2) is 23.2 Å². The largest absolute Gasteiger partial charge is 0.497 e. The third kappa shape index (κ3) is 4.93. The molecule has 1 aromatic carbocycles. The summed E-state index contributed by atoms with van der Waals surface area (Å²) in [7, 11) is 3.26. The number of halogens is 1. The molecule has 0 unspecified atom stereocenters. The van der Waals surface area contributed by atoms with Gasteiger partial charge in [-0.15, -0.1) is 24.0 Å². The van der Waals surface area contributed by atoms with E-state index >= 15 is 0 Å². The van der Waals surface area contributed by atoms with E-state index in [1.54, 1.807) is 14.2 Å². The maximum absolute atomic E-state index is 5.99. The van der Waals surface area contributed by atoms with Crippen LogP contribution in [0.1, 0.15) is 32.6 Å². The molecule has 2 rings (SSSR count). The van der Waals surface area contributed by atoms with Gasteiger partial charge in [0.25, 0.3) is 0 Å². The summed E-state index contributed by atoms with van der Waals surface area (Å²) in [4.78, 5) is 4.49. The van der Waals surface area contributed by atoms with E-state index in [1.165, 1.54) is 25.7 Å². The SMILES string of the molecule is CCCC1(CN=C(N)Nc2cc(OC)ccc2OC)CC1.I. The molecule has 1 aliphatic rings. The average Bonchev–Trinajstić information content (AvgIpc) is 3.25. The molecule has 0 saturated heterocycles. The summed E-state index contributed by atoms with van der Waals surface area (Å²) < 4.78 is 10.5. The van der Waals surface area contributed by atoms with Gasteiger partial charge in [-0.25, -0.2) is 0 Å². The first-order chi connectivity index (χ1) is 10.1. The fraction of sp³-hybridized carbons (Fsp3) is 0.562. The van der Waals surface area contributed by atoms with Crippen LogP contribution >= 0.6 is 24.0 Å². The van der Waals surface area contributed by atoms with Gasteiger partial charge in [-0.2, -0.15) is 0 Å². The van der Waals surface area contributed by atoms with Crippen LogP contribution in [0.4, 0.5) is 5.69 Å². The van der Waals surface area contributed by atoms with Gasteiger partial charge in [-0.05, 0) is 36.8 Å². The Labute approximate surface area is 149 Å². The van der Waals surface area contributed by atoms with Crippen molar-refractivity contribution in [1.82, 2.24) is 0 Å². The number of benzene rings is 1. The lowest BCUT2D eigenvalue weighted by atomic mass is 10.0. The normalized spacial score (nSPS) is 15.7.